The maximum atomic E-state index is 11.1. The van der Waals surface area contributed by atoms with E-state index in [0.29, 0.717) is 11.3 Å². The molecule has 0 radical (unpaired) electrons. The van der Waals surface area contributed by atoms with Crippen LogP contribution in [0.3, 0.4) is 0 Å². The lowest BCUT2D eigenvalue weighted by Gasteiger charge is -2.61. The summed E-state index contributed by atoms with van der Waals surface area (Å²) in [7, 11) is 0. The Morgan fingerprint density at radius 3 is 2.42 bits per heavy atom. The lowest BCUT2D eigenvalue weighted by molar-refractivity contribution is -0.174. The van der Waals surface area contributed by atoms with Crippen LogP contribution in [0.5, 0.6) is 0 Å². The molecule has 1 heteroatoms. The molecule has 3 aliphatic rings. The van der Waals surface area contributed by atoms with E-state index >= 15 is 0 Å². The van der Waals surface area contributed by atoms with E-state index in [-0.39, 0.29) is 5.60 Å². The van der Waals surface area contributed by atoms with Crippen LogP contribution in [0.4, 0.5) is 0 Å². The number of hydrogen-bond donors (Lipinski definition) is 1. The summed E-state index contributed by atoms with van der Waals surface area (Å²) < 4.78 is 0. The Kier molecular flexibility index (Phi) is 3.71. The molecule has 1 N–H and O–H groups in total. The third kappa shape index (κ3) is 2.07. The van der Waals surface area contributed by atoms with E-state index in [4.69, 9.17) is 0 Å². The fraction of sp³-hybridized carbons (Fsp3) is 1.00. The lowest BCUT2D eigenvalue weighted by atomic mass is 9.44. The van der Waals surface area contributed by atoms with Crippen LogP contribution in [0, 0.1) is 23.2 Å². The van der Waals surface area contributed by atoms with E-state index in [1.807, 2.05) is 0 Å². The molecule has 0 aromatic heterocycles. The number of hydrogen-bond acceptors (Lipinski definition) is 1. The van der Waals surface area contributed by atoms with Crippen LogP contribution in [-0.2, 0) is 0 Å². The summed E-state index contributed by atoms with van der Waals surface area (Å²) >= 11 is 0. The summed E-state index contributed by atoms with van der Waals surface area (Å²) in [5.74, 6) is 2.41. The minimum Gasteiger partial charge on any atom is -0.390 e. The van der Waals surface area contributed by atoms with Gasteiger partial charge in [0.2, 0.25) is 0 Å². The first-order valence-electron chi connectivity index (χ1n) is 8.84. The number of fused-ring (bicyclic) bond motifs is 4. The van der Waals surface area contributed by atoms with Crippen molar-refractivity contribution in [3.05, 3.63) is 0 Å². The molecule has 5 atom stereocenters. The third-order valence-corrected chi connectivity index (χ3v) is 6.91. The molecule has 0 bridgehead atoms. The van der Waals surface area contributed by atoms with E-state index in [0.717, 1.165) is 31.1 Å². The van der Waals surface area contributed by atoms with Gasteiger partial charge in [0, 0.05) is 0 Å². The van der Waals surface area contributed by atoms with E-state index in [1.54, 1.807) is 0 Å². The predicted molar refractivity (Wildman–Crippen MR) is 80.0 cm³/mol. The standard InChI is InChI=1S/C18H32O/c1-3-11-18(19)13-12-17(2)15-10-8-6-4-5-7-9-14(15)16(17)18/h14-16,19H,3-13H2,1-2H3. The van der Waals surface area contributed by atoms with Gasteiger partial charge in [-0.2, -0.15) is 0 Å². The highest BCUT2D eigenvalue weighted by Crippen LogP contribution is 2.70. The molecule has 0 heterocycles. The maximum Gasteiger partial charge on any atom is 0.0684 e. The van der Waals surface area contributed by atoms with Crippen molar-refractivity contribution in [1.29, 1.82) is 0 Å². The molecule has 1 nitrogen and oxygen atoms in total. The average molecular weight is 264 g/mol. The van der Waals surface area contributed by atoms with Crippen LogP contribution in [-0.4, -0.2) is 10.7 Å². The Labute approximate surface area is 119 Å². The van der Waals surface area contributed by atoms with Crippen molar-refractivity contribution in [2.75, 3.05) is 0 Å². The highest BCUT2D eigenvalue weighted by atomic mass is 16.3. The molecular formula is C18H32O. The van der Waals surface area contributed by atoms with Crippen molar-refractivity contribution >= 4 is 0 Å². The van der Waals surface area contributed by atoms with Crippen molar-refractivity contribution in [2.45, 2.75) is 90.1 Å². The van der Waals surface area contributed by atoms with Gasteiger partial charge in [0.1, 0.15) is 0 Å². The van der Waals surface area contributed by atoms with E-state index in [2.05, 4.69) is 13.8 Å². The zero-order valence-electron chi connectivity index (χ0n) is 13.0. The quantitative estimate of drug-likeness (QED) is 0.750. The lowest BCUT2D eigenvalue weighted by Crippen LogP contribution is -2.59. The summed E-state index contributed by atoms with van der Waals surface area (Å²) in [6, 6.07) is 0. The van der Waals surface area contributed by atoms with Gasteiger partial charge in [0.05, 0.1) is 5.60 Å². The molecular weight excluding hydrogens is 232 g/mol. The zero-order valence-corrected chi connectivity index (χ0v) is 13.0. The van der Waals surface area contributed by atoms with Gasteiger partial charge < -0.3 is 5.11 Å². The molecule has 19 heavy (non-hydrogen) atoms. The normalized spacial score (nSPS) is 50.4. The Balaban J connectivity index is 1.80. The zero-order chi connectivity index (χ0) is 13.5. The first kappa shape index (κ1) is 13.9. The molecule has 3 aliphatic carbocycles. The minimum absolute atomic E-state index is 0.307. The van der Waals surface area contributed by atoms with Crippen LogP contribution in [0.1, 0.15) is 84.5 Å². The van der Waals surface area contributed by atoms with Gasteiger partial charge in [-0.1, -0.05) is 52.4 Å². The second-order valence-electron chi connectivity index (χ2n) is 7.95. The minimum atomic E-state index is -0.307. The summed E-state index contributed by atoms with van der Waals surface area (Å²) in [6.07, 6.45) is 14.6. The third-order valence-electron chi connectivity index (χ3n) is 6.91. The van der Waals surface area contributed by atoms with Gasteiger partial charge >= 0.3 is 0 Å². The molecule has 0 aliphatic heterocycles. The van der Waals surface area contributed by atoms with Crippen molar-refractivity contribution in [3.8, 4) is 0 Å². The number of rotatable bonds is 2. The highest BCUT2D eigenvalue weighted by Gasteiger charge is 2.67. The highest BCUT2D eigenvalue weighted by molar-refractivity contribution is 5.16. The van der Waals surface area contributed by atoms with Gasteiger partial charge in [0.25, 0.3) is 0 Å². The Bertz CT molecular complexity index is 326. The number of aliphatic hydroxyl groups is 1. The Hall–Kier alpha value is -0.0400. The van der Waals surface area contributed by atoms with Crippen LogP contribution in [0.2, 0.25) is 0 Å². The van der Waals surface area contributed by atoms with Crippen molar-refractivity contribution in [1.82, 2.24) is 0 Å². The molecule has 3 rings (SSSR count). The first-order chi connectivity index (χ1) is 9.12. The molecule has 0 aromatic carbocycles. The largest absolute Gasteiger partial charge is 0.390 e. The molecule has 0 aromatic rings. The summed E-state index contributed by atoms with van der Waals surface area (Å²) in [5, 5.41) is 11.1. The fourth-order valence-corrected chi connectivity index (χ4v) is 6.22. The van der Waals surface area contributed by atoms with Crippen LogP contribution in [0.15, 0.2) is 0 Å². The second-order valence-corrected chi connectivity index (χ2v) is 7.95. The van der Waals surface area contributed by atoms with E-state index in [1.165, 1.54) is 51.4 Å². The van der Waals surface area contributed by atoms with Gasteiger partial charge in [0.15, 0.2) is 0 Å². The van der Waals surface area contributed by atoms with Crippen molar-refractivity contribution in [2.24, 2.45) is 23.2 Å². The Morgan fingerprint density at radius 2 is 1.68 bits per heavy atom. The molecule has 110 valence electrons. The molecule has 3 saturated carbocycles. The van der Waals surface area contributed by atoms with Gasteiger partial charge in [-0.25, -0.2) is 0 Å². The maximum absolute atomic E-state index is 11.1. The summed E-state index contributed by atoms with van der Waals surface area (Å²) in [6.45, 7) is 4.73. The Morgan fingerprint density at radius 1 is 1.00 bits per heavy atom. The van der Waals surface area contributed by atoms with Gasteiger partial charge in [-0.15, -0.1) is 0 Å². The van der Waals surface area contributed by atoms with E-state index < -0.39 is 0 Å². The summed E-state index contributed by atoms with van der Waals surface area (Å²) in [5.41, 5.74) is 0.178. The average Bonchev–Trinajstić information content (AvgIpc) is 2.64. The smallest absolute Gasteiger partial charge is 0.0684 e. The van der Waals surface area contributed by atoms with Crippen LogP contribution >= 0.6 is 0 Å². The SMILES string of the molecule is CCCC1(O)CCC2(C)C3CCCCCCCC3C12. The fourth-order valence-electron chi connectivity index (χ4n) is 6.22. The summed E-state index contributed by atoms with van der Waals surface area (Å²) in [4.78, 5) is 0. The molecule has 0 amide bonds. The molecule has 5 unspecified atom stereocenters. The molecule has 0 spiro atoms. The topological polar surface area (TPSA) is 20.2 Å². The van der Waals surface area contributed by atoms with E-state index in [9.17, 15) is 5.11 Å². The predicted octanol–water partition coefficient (Wildman–Crippen LogP) is 4.92. The monoisotopic (exact) mass is 264 g/mol. The second kappa shape index (κ2) is 5.06. The van der Waals surface area contributed by atoms with Crippen LogP contribution < -0.4 is 0 Å². The molecule has 3 fully saturated rings. The van der Waals surface area contributed by atoms with Gasteiger partial charge in [-0.05, 0) is 55.3 Å². The molecule has 0 saturated heterocycles. The van der Waals surface area contributed by atoms with Crippen LogP contribution in [0.25, 0.3) is 0 Å². The first-order valence-corrected chi connectivity index (χ1v) is 8.84. The van der Waals surface area contributed by atoms with Gasteiger partial charge in [-0.3, -0.25) is 0 Å². The van der Waals surface area contributed by atoms with Crippen molar-refractivity contribution < 1.29 is 5.11 Å². The van der Waals surface area contributed by atoms with Crippen molar-refractivity contribution in [3.63, 3.8) is 0 Å².